The Labute approximate surface area is 75.1 Å². The number of carboxylic acid groups (broad SMARTS) is 1. The highest BCUT2D eigenvalue weighted by Crippen LogP contribution is 2.23. The lowest BCUT2D eigenvalue weighted by atomic mass is 9.96. The number of aromatic hydroxyl groups is 1. The van der Waals surface area contributed by atoms with E-state index in [1.54, 1.807) is 0 Å². The van der Waals surface area contributed by atoms with E-state index in [1.165, 1.54) is 24.3 Å². The third-order valence-corrected chi connectivity index (χ3v) is 1.82. The number of hydrogen-bond acceptors (Lipinski definition) is 3. The second kappa shape index (κ2) is 3.06. The Morgan fingerprint density at radius 3 is 2.54 bits per heavy atom. The maximum atomic E-state index is 10.6. The molecule has 1 unspecified atom stereocenters. The van der Waals surface area contributed by atoms with Crippen LogP contribution in [0.3, 0.4) is 0 Å². The molecule has 0 bridgehead atoms. The number of carboxylic acids is 1. The van der Waals surface area contributed by atoms with Crippen molar-refractivity contribution in [2.45, 2.75) is 12.5 Å². The average molecular weight is 182 g/mol. The lowest BCUT2D eigenvalue weighted by Crippen LogP contribution is -2.31. The van der Waals surface area contributed by atoms with Crippen LogP contribution in [0.2, 0.25) is 0 Å². The van der Waals surface area contributed by atoms with Gasteiger partial charge in [-0.05, 0) is 24.6 Å². The smallest absolute Gasteiger partial charge is 0.340 e. The van der Waals surface area contributed by atoms with Gasteiger partial charge in [0.1, 0.15) is 5.75 Å². The SMILES string of the molecule is CC(O)(C(=O)O)c1cccc(O)c1. The van der Waals surface area contributed by atoms with Crippen molar-refractivity contribution in [3.8, 4) is 5.75 Å². The molecule has 1 aromatic rings. The zero-order chi connectivity index (χ0) is 10.1. The van der Waals surface area contributed by atoms with Gasteiger partial charge in [0.25, 0.3) is 0 Å². The van der Waals surface area contributed by atoms with Crippen LogP contribution in [0.5, 0.6) is 5.75 Å². The summed E-state index contributed by atoms with van der Waals surface area (Å²) in [5.74, 6) is -1.42. The van der Waals surface area contributed by atoms with Crippen LogP contribution < -0.4 is 0 Å². The first-order chi connectivity index (χ1) is 5.94. The predicted octanol–water partition coefficient (Wildman–Crippen LogP) is 0.684. The van der Waals surface area contributed by atoms with Crippen LogP contribution in [0.25, 0.3) is 0 Å². The average Bonchev–Trinajstić information content (AvgIpc) is 2.04. The zero-order valence-electron chi connectivity index (χ0n) is 7.06. The zero-order valence-corrected chi connectivity index (χ0v) is 7.06. The fourth-order valence-electron chi connectivity index (χ4n) is 0.932. The summed E-state index contributed by atoms with van der Waals surface area (Å²) in [6, 6.07) is 5.53. The van der Waals surface area contributed by atoms with Gasteiger partial charge in [-0.3, -0.25) is 0 Å². The third kappa shape index (κ3) is 1.78. The molecule has 0 heterocycles. The molecular formula is C9H10O4. The molecule has 0 spiro atoms. The molecule has 3 N–H and O–H groups in total. The van der Waals surface area contributed by atoms with Crippen LogP contribution in [0, 0.1) is 0 Å². The van der Waals surface area contributed by atoms with E-state index in [1.807, 2.05) is 0 Å². The summed E-state index contributed by atoms with van der Waals surface area (Å²) >= 11 is 0. The first-order valence-corrected chi connectivity index (χ1v) is 3.70. The van der Waals surface area contributed by atoms with E-state index in [0.717, 1.165) is 6.92 Å². The van der Waals surface area contributed by atoms with Crippen molar-refractivity contribution >= 4 is 5.97 Å². The number of rotatable bonds is 2. The standard InChI is InChI=1S/C9H10O4/c1-9(13,8(11)12)6-3-2-4-7(10)5-6/h2-5,10,13H,1H3,(H,11,12). The van der Waals surface area contributed by atoms with Crippen molar-refractivity contribution in [1.82, 2.24) is 0 Å². The van der Waals surface area contributed by atoms with E-state index >= 15 is 0 Å². The summed E-state index contributed by atoms with van der Waals surface area (Å²) in [6.07, 6.45) is 0. The lowest BCUT2D eigenvalue weighted by Gasteiger charge is -2.18. The van der Waals surface area contributed by atoms with Crippen molar-refractivity contribution in [1.29, 1.82) is 0 Å². The Balaban J connectivity index is 3.14. The van der Waals surface area contributed by atoms with Crippen molar-refractivity contribution in [2.75, 3.05) is 0 Å². The molecule has 0 fully saturated rings. The monoisotopic (exact) mass is 182 g/mol. The molecular weight excluding hydrogens is 172 g/mol. The van der Waals surface area contributed by atoms with E-state index in [-0.39, 0.29) is 11.3 Å². The second-order valence-electron chi connectivity index (χ2n) is 2.93. The molecule has 0 saturated carbocycles. The van der Waals surface area contributed by atoms with Crippen molar-refractivity contribution in [3.05, 3.63) is 29.8 Å². The minimum atomic E-state index is -1.96. The maximum absolute atomic E-state index is 10.6. The molecule has 0 aliphatic heterocycles. The predicted molar refractivity (Wildman–Crippen MR) is 45.3 cm³/mol. The van der Waals surface area contributed by atoms with Crippen molar-refractivity contribution < 1.29 is 20.1 Å². The summed E-state index contributed by atoms with van der Waals surface area (Å²) in [4.78, 5) is 10.6. The van der Waals surface area contributed by atoms with Crippen molar-refractivity contribution in [2.24, 2.45) is 0 Å². The quantitative estimate of drug-likeness (QED) is 0.628. The van der Waals surface area contributed by atoms with E-state index < -0.39 is 11.6 Å². The molecule has 70 valence electrons. The number of aliphatic carboxylic acids is 1. The molecule has 0 saturated heterocycles. The first-order valence-electron chi connectivity index (χ1n) is 3.70. The number of phenols is 1. The lowest BCUT2D eigenvalue weighted by molar-refractivity contribution is -0.157. The van der Waals surface area contributed by atoms with E-state index in [0.29, 0.717) is 0 Å². The number of benzene rings is 1. The van der Waals surface area contributed by atoms with Crippen LogP contribution in [-0.4, -0.2) is 21.3 Å². The summed E-state index contributed by atoms with van der Waals surface area (Å²) in [6.45, 7) is 1.16. The van der Waals surface area contributed by atoms with Gasteiger partial charge in [0.2, 0.25) is 0 Å². The highest BCUT2D eigenvalue weighted by molar-refractivity contribution is 5.78. The van der Waals surface area contributed by atoms with Gasteiger partial charge >= 0.3 is 5.97 Å². The highest BCUT2D eigenvalue weighted by Gasteiger charge is 2.32. The minimum Gasteiger partial charge on any atom is -0.508 e. The molecule has 0 aromatic heterocycles. The normalized spacial score (nSPS) is 14.9. The molecule has 1 atom stereocenters. The molecule has 0 radical (unpaired) electrons. The van der Waals surface area contributed by atoms with Crippen LogP contribution in [0.4, 0.5) is 0 Å². The van der Waals surface area contributed by atoms with Gasteiger partial charge in [0, 0.05) is 0 Å². The van der Waals surface area contributed by atoms with E-state index in [9.17, 15) is 9.90 Å². The van der Waals surface area contributed by atoms with Gasteiger partial charge in [-0.2, -0.15) is 0 Å². The van der Waals surface area contributed by atoms with Gasteiger partial charge < -0.3 is 15.3 Å². The summed E-state index contributed by atoms with van der Waals surface area (Å²) in [5, 5.41) is 27.2. The summed E-state index contributed by atoms with van der Waals surface area (Å²) < 4.78 is 0. The Hall–Kier alpha value is -1.55. The Morgan fingerprint density at radius 1 is 1.46 bits per heavy atom. The Kier molecular flexibility index (Phi) is 2.25. The topological polar surface area (TPSA) is 77.8 Å². The van der Waals surface area contributed by atoms with Crippen molar-refractivity contribution in [3.63, 3.8) is 0 Å². The second-order valence-corrected chi connectivity index (χ2v) is 2.93. The Morgan fingerprint density at radius 2 is 2.08 bits per heavy atom. The molecule has 4 heteroatoms. The molecule has 0 amide bonds. The van der Waals surface area contributed by atoms with Gasteiger partial charge in [0.15, 0.2) is 5.60 Å². The van der Waals surface area contributed by atoms with Gasteiger partial charge in [-0.15, -0.1) is 0 Å². The highest BCUT2D eigenvalue weighted by atomic mass is 16.4. The molecule has 0 aliphatic carbocycles. The third-order valence-electron chi connectivity index (χ3n) is 1.82. The van der Waals surface area contributed by atoms with Gasteiger partial charge in [-0.1, -0.05) is 12.1 Å². The summed E-state index contributed by atoms with van der Waals surface area (Å²) in [7, 11) is 0. The summed E-state index contributed by atoms with van der Waals surface area (Å²) in [5.41, 5.74) is -1.81. The largest absolute Gasteiger partial charge is 0.508 e. The number of aliphatic hydroxyl groups is 1. The van der Waals surface area contributed by atoms with Crippen LogP contribution >= 0.6 is 0 Å². The van der Waals surface area contributed by atoms with E-state index in [2.05, 4.69) is 0 Å². The molecule has 1 aromatic carbocycles. The molecule has 4 nitrogen and oxygen atoms in total. The number of hydrogen-bond donors (Lipinski definition) is 3. The van der Waals surface area contributed by atoms with Crippen LogP contribution in [0.1, 0.15) is 12.5 Å². The van der Waals surface area contributed by atoms with E-state index in [4.69, 9.17) is 10.2 Å². The van der Waals surface area contributed by atoms with Gasteiger partial charge in [0.05, 0.1) is 0 Å². The number of phenolic OH excluding ortho intramolecular Hbond substituents is 1. The first kappa shape index (κ1) is 9.54. The van der Waals surface area contributed by atoms with Gasteiger partial charge in [-0.25, -0.2) is 4.79 Å². The fourth-order valence-corrected chi connectivity index (χ4v) is 0.932. The Bertz CT molecular complexity index is 330. The fraction of sp³-hybridized carbons (Fsp3) is 0.222. The molecule has 13 heavy (non-hydrogen) atoms. The number of carbonyl (C=O) groups is 1. The maximum Gasteiger partial charge on any atom is 0.340 e. The molecule has 0 aliphatic rings. The minimum absolute atomic E-state index is 0.0703. The van der Waals surface area contributed by atoms with Crippen LogP contribution in [0.15, 0.2) is 24.3 Å². The molecule has 1 rings (SSSR count). The van der Waals surface area contributed by atoms with Crippen LogP contribution in [-0.2, 0) is 10.4 Å².